The van der Waals surface area contributed by atoms with Crippen LogP contribution in [0.4, 0.5) is 0 Å². The number of aryl methyl sites for hydroxylation is 1. The van der Waals surface area contributed by atoms with Crippen LogP contribution in [-0.4, -0.2) is 18.1 Å². The molecular weight excluding hydrogens is 238 g/mol. The Morgan fingerprint density at radius 3 is 2.47 bits per heavy atom. The third-order valence-electron chi connectivity index (χ3n) is 3.53. The molecule has 0 unspecified atom stereocenters. The summed E-state index contributed by atoms with van der Waals surface area (Å²) in [5, 5.41) is 2.95. The fraction of sp³-hybridized carbons (Fsp3) is 0.438. The lowest BCUT2D eigenvalue weighted by Gasteiger charge is -2.29. The average molecular weight is 259 g/mol. The van der Waals surface area contributed by atoms with Crippen molar-refractivity contribution >= 4 is 5.91 Å². The standard InChI is InChI=1S/C16H21NO2/c1-3-16(18)17-13-6-10-15(11-7-13)19-14-8-4-12(2)5-9-14/h3-5,8-9,13,15H,1,6-7,10-11H2,2H3,(H,17,18). The van der Waals surface area contributed by atoms with E-state index in [1.165, 1.54) is 11.6 Å². The number of nitrogens with one attached hydrogen (secondary N) is 1. The van der Waals surface area contributed by atoms with Crippen LogP contribution in [0.5, 0.6) is 5.75 Å². The zero-order valence-corrected chi connectivity index (χ0v) is 11.4. The van der Waals surface area contributed by atoms with Gasteiger partial charge in [-0.15, -0.1) is 0 Å². The number of hydrogen-bond acceptors (Lipinski definition) is 2. The van der Waals surface area contributed by atoms with Gasteiger partial charge < -0.3 is 10.1 Å². The van der Waals surface area contributed by atoms with Crippen molar-refractivity contribution in [2.75, 3.05) is 0 Å². The summed E-state index contributed by atoms with van der Waals surface area (Å²) in [7, 11) is 0. The minimum atomic E-state index is -0.0806. The highest BCUT2D eigenvalue weighted by molar-refractivity contribution is 5.87. The Balaban J connectivity index is 1.78. The van der Waals surface area contributed by atoms with E-state index >= 15 is 0 Å². The van der Waals surface area contributed by atoms with Crippen LogP contribution < -0.4 is 10.1 Å². The van der Waals surface area contributed by atoms with E-state index in [1.54, 1.807) is 0 Å². The van der Waals surface area contributed by atoms with Crippen molar-refractivity contribution in [1.82, 2.24) is 5.32 Å². The molecule has 102 valence electrons. The molecule has 19 heavy (non-hydrogen) atoms. The number of rotatable bonds is 4. The van der Waals surface area contributed by atoms with Crippen LogP contribution >= 0.6 is 0 Å². The van der Waals surface area contributed by atoms with E-state index in [2.05, 4.69) is 31.0 Å². The Labute approximate surface area is 114 Å². The predicted octanol–water partition coefficient (Wildman–Crippen LogP) is 2.99. The number of amides is 1. The largest absolute Gasteiger partial charge is 0.490 e. The maximum Gasteiger partial charge on any atom is 0.243 e. The van der Waals surface area contributed by atoms with Gasteiger partial charge in [-0.1, -0.05) is 24.3 Å². The zero-order chi connectivity index (χ0) is 13.7. The van der Waals surface area contributed by atoms with Gasteiger partial charge in [0.25, 0.3) is 0 Å². The van der Waals surface area contributed by atoms with Crippen molar-refractivity contribution in [3.8, 4) is 5.75 Å². The van der Waals surface area contributed by atoms with Gasteiger partial charge in [-0.25, -0.2) is 0 Å². The van der Waals surface area contributed by atoms with Crippen molar-refractivity contribution in [2.45, 2.75) is 44.8 Å². The lowest BCUT2D eigenvalue weighted by atomic mass is 9.93. The maximum absolute atomic E-state index is 11.2. The predicted molar refractivity (Wildman–Crippen MR) is 76.2 cm³/mol. The lowest BCUT2D eigenvalue weighted by Crippen LogP contribution is -2.38. The van der Waals surface area contributed by atoms with Crippen molar-refractivity contribution in [3.05, 3.63) is 42.5 Å². The number of ether oxygens (including phenoxy) is 1. The number of carbonyl (C=O) groups excluding carboxylic acids is 1. The van der Waals surface area contributed by atoms with Crippen LogP contribution in [0.2, 0.25) is 0 Å². The van der Waals surface area contributed by atoms with Gasteiger partial charge >= 0.3 is 0 Å². The zero-order valence-electron chi connectivity index (χ0n) is 11.4. The molecule has 0 saturated heterocycles. The molecular formula is C16H21NO2. The highest BCUT2D eigenvalue weighted by Crippen LogP contribution is 2.24. The van der Waals surface area contributed by atoms with E-state index in [9.17, 15) is 4.79 Å². The van der Waals surface area contributed by atoms with Crippen LogP contribution in [-0.2, 0) is 4.79 Å². The van der Waals surface area contributed by atoms with Gasteiger partial charge in [0.1, 0.15) is 5.75 Å². The summed E-state index contributed by atoms with van der Waals surface area (Å²) < 4.78 is 5.96. The molecule has 0 aliphatic heterocycles. The highest BCUT2D eigenvalue weighted by Gasteiger charge is 2.22. The third kappa shape index (κ3) is 4.12. The second-order valence-corrected chi connectivity index (χ2v) is 5.12. The molecule has 1 amide bonds. The molecule has 1 aromatic rings. The van der Waals surface area contributed by atoms with Gasteiger partial charge in [0, 0.05) is 6.04 Å². The molecule has 0 aromatic heterocycles. The van der Waals surface area contributed by atoms with Gasteiger partial charge in [0.05, 0.1) is 6.10 Å². The molecule has 3 nitrogen and oxygen atoms in total. The Morgan fingerprint density at radius 1 is 1.26 bits per heavy atom. The van der Waals surface area contributed by atoms with E-state index < -0.39 is 0 Å². The van der Waals surface area contributed by atoms with Gasteiger partial charge in [0.15, 0.2) is 0 Å². The van der Waals surface area contributed by atoms with Gasteiger partial charge in [0.2, 0.25) is 5.91 Å². The third-order valence-corrected chi connectivity index (χ3v) is 3.53. The Hall–Kier alpha value is -1.77. The van der Waals surface area contributed by atoms with E-state index in [0.29, 0.717) is 0 Å². The number of hydrogen-bond donors (Lipinski definition) is 1. The molecule has 1 saturated carbocycles. The van der Waals surface area contributed by atoms with Crippen LogP contribution in [0.25, 0.3) is 0 Å². The molecule has 1 N–H and O–H groups in total. The van der Waals surface area contributed by atoms with E-state index in [4.69, 9.17) is 4.74 Å². The maximum atomic E-state index is 11.2. The first-order chi connectivity index (χ1) is 9.17. The summed E-state index contributed by atoms with van der Waals surface area (Å²) in [5.41, 5.74) is 1.24. The molecule has 1 aliphatic carbocycles. The monoisotopic (exact) mass is 259 g/mol. The molecule has 0 atom stereocenters. The molecule has 3 heteroatoms. The molecule has 1 aliphatic rings. The molecule has 2 rings (SSSR count). The van der Waals surface area contributed by atoms with Crippen molar-refractivity contribution in [2.24, 2.45) is 0 Å². The molecule has 0 bridgehead atoms. The first kappa shape index (κ1) is 13.7. The molecule has 0 heterocycles. The Bertz CT molecular complexity index is 431. The molecule has 0 radical (unpaired) electrons. The topological polar surface area (TPSA) is 38.3 Å². The van der Waals surface area contributed by atoms with Crippen LogP contribution in [0, 0.1) is 6.92 Å². The summed E-state index contributed by atoms with van der Waals surface area (Å²) in [5.74, 6) is 0.854. The second kappa shape index (κ2) is 6.41. The average Bonchev–Trinajstić information content (AvgIpc) is 2.43. The summed E-state index contributed by atoms with van der Waals surface area (Å²) in [6, 6.07) is 8.42. The summed E-state index contributed by atoms with van der Waals surface area (Å²) in [6.45, 7) is 5.53. The van der Waals surface area contributed by atoms with Gasteiger partial charge in [-0.05, 0) is 50.8 Å². The smallest absolute Gasteiger partial charge is 0.243 e. The van der Waals surface area contributed by atoms with Gasteiger partial charge in [-0.3, -0.25) is 4.79 Å². The minimum Gasteiger partial charge on any atom is -0.490 e. The fourth-order valence-electron chi connectivity index (χ4n) is 2.39. The number of benzene rings is 1. The lowest BCUT2D eigenvalue weighted by molar-refractivity contribution is -0.117. The highest BCUT2D eigenvalue weighted by atomic mass is 16.5. The van der Waals surface area contributed by atoms with E-state index in [1.807, 2.05) is 12.1 Å². The van der Waals surface area contributed by atoms with Crippen molar-refractivity contribution in [3.63, 3.8) is 0 Å². The van der Waals surface area contributed by atoms with Crippen LogP contribution in [0.15, 0.2) is 36.9 Å². The van der Waals surface area contributed by atoms with E-state index in [-0.39, 0.29) is 18.1 Å². The van der Waals surface area contributed by atoms with Crippen molar-refractivity contribution < 1.29 is 9.53 Å². The molecule has 1 aromatic carbocycles. The fourth-order valence-corrected chi connectivity index (χ4v) is 2.39. The second-order valence-electron chi connectivity index (χ2n) is 5.12. The first-order valence-electron chi connectivity index (χ1n) is 6.83. The summed E-state index contributed by atoms with van der Waals surface area (Å²) in [4.78, 5) is 11.2. The van der Waals surface area contributed by atoms with Crippen LogP contribution in [0.1, 0.15) is 31.2 Å². The minimum absolute atomic E-state index is 0.0806. The van der Waals surface area contributed by atoms with Crippen molar-refractivity contribution in [1.29, 1.82) is 0 Å². The normalized spacial score (nSPS) is 22.6. The van der Waals surface area contributed by atoms with Gasteiger partial charge in [-0.2, -0.15) is 0 Å². The molecule has 0 spiro atoms. The summed E-state index contributed by atoms with van der Waals surface area (Å²) in [6.07, 6.45) is 5.49. The first-order valence-corrected chi connectivity index (χ1v) is 6.83. The Morgan fingerprint density at radius 2 is 1.89 bits per heavy atom. The Kier molecular flexibility index (Phi) is 4.61. The van der Waals surface area contributed by atoms with E-state index in [0.717, 1.165) is 31.4 Å². The summed E-state index contributed by atoms with van der Waals surface area (Å²) >= 11 is 0. The number of carbonyl (C=O) groups is 1. The SMILES string of the molecule is C=CC(=O)NC1CCC(Oc2ccc(C)cc2)CC1. The molecule has 1 fully saturated rings. The van der Waals surface area contributed by atoms with Crippen LogP contribution in [0.3, 0.4) is 0 Å². The quantitative estimate of drug-likeness (QED) is 0.844.